The highest BCUT2D eigenvalue weighted by Crippen LogP contribution is 2.34. The summed E-state index contributed by atoms with van der Waals surface area (Å²) in [4.78, 5) is 0. The Balaban J connectivity index is 2.18. The van der Waals surface area contributed by atoms with Crippen LogP contribution in [0.5, 0.6) is 0 Å². The van der Waals surface area contributed by atoms with Gasteiger partial charge in [0.05, 0.1) is 12.2 Å². The lowest BCUT2D eigenvalue weighted by Gasteiger charge is -2.13. The molecule has 1 aliphatic rings. The Bertz CT molecular complexity index is 271. The summed E-state index contributed by atoms with van der Waals surface area (Å²) in [6.07, 6.45) is 0.489. The summed E-state index contributed by atoms with van der Waals surface area (Å²) in [6.45, 7) is 0. The van der Waals surface area contributed by atoms with Crippen molar-refractivity contribution in [2.24, 2.45) is 0 Å². The van der Waals surface area contributed by atoms with Gasteiger partial charge in [0.2, 0.25) is 0 Å². The van der Waals surface area contributed by atoms with Gasteiger partial charge in [0.1, 0.15) is 0 Å². The number of hydrogen-bond acceptors (Lipinski definition) is 2. The van der Waals surface area contributed by atoms with Crippen molar-refractivity contribution in [1.29, 1.82) is 0 Å². The zero-order valence-electron chi connectivity index (χ0n) is 7.43. The standard InChI is InChI=1S/C11H14O2/c12-9-6-10(11(13)7-9)8-4-2-1-3-5-8/h1-5,9-13H,6-7H2/t9-,10-,11-/m0/s1. The van der Waals surface area contributed by atoms with Crippen LogP contribution in [-0.4, -0.2) is 22.4 Å². The van der Waals surface area contributed by atoms with E-state index in [2.05, 4.69) is 0 Å². The molecule has 2 rings (SSSR count). The van der Waals surface area contributed by atoms with Gasteiger partial charge in [-0.05, 0) is 18.4 Å². The van der Waals surface area contributed by atoms with E-state index in [0.29, 0.717) is 12.8 Å². The van der Waals surface area contributed by atoms with E-state index < -0.39 is 0 Å². The van der Waals surface area contributed by atoms with E-state index in [1.54, 1.807) is 0 Å². The van der Waals surface area contributed by atoms with Crippen molar-refractivity contribution in [3.05, 3.63) is 35.9 Å². The van der Waals surface area contributed by atoms with Gasteiger partial charge in [-0.1, -0.05) is 30.3 Å². The minimum Gasteiger partial charge on any atom is -0.393 e. The van der Waals surface area contributed by atoms with Crippen LogP contribution in [0.2, 0.25) is 0 Å². The third kappa shape index (κ3) is 1.74. The third-order valence-electron chi connectivity index (χ3n) is 2.73. The second-order valence-corrected chi connectivity index (χ2v) is 3.71. The molecule has 0 unspecified atom stereocenters. The molecular formula is C11H14O2. The van der Waals surface area contributed by atoms with Gasteiger partial charge < -0.3 is 10.2 Å². The van der Waals surface area contributed by atoms with Crippen LogP contribution in [0.4, 0.5) is 0 Å². The smallest absolute Gasteiger partial charge is 0.0634 e. The quantitative estimate of drug-likeness (QED) is 0.680. The molecule has 0 amide bonds. The molecule has 3 atom stereocenters. The van der Waals surface area contributed by atoms with Gasteiger partial charge in [0.15, 0.2) is 0 Å². The molecule has 1 fully saturated rings. The maximum atomic E-state index is 9.65. The summed E-state index contributed by atoms with van der Waals surface area (Å²) in [5.74, 6) is 0.121. The van der Waals surface area contributed by atoms with Crippen molar-refractivity contribution in [2.45, 2.75) is 31.0 Å². The topological polar surface area (TPSA) is 40.5 Å². The molecule has 2 N–H and O–H groups in total. The molecule has 13 heavy (non-hydrogen) atoms. The highest BCUT2D eigenvalue weighted by molar-refractivity contribution is 5.22. The molecule has 2 nitrogen and oxygen atoms in total. The fourth-order valence-corrected chi connectivity index (χ4v) is 2.05. The van der Waals surface area contributed by atoms with Gasteiger partial charge in [-0.2, -0.15) is 0 Å². The van der Waals surface area contributed by atoms with E-state index in [-0.39, 0.29) is 18.1 Å². The summed E-state index contributed by atoms with van der Waals surface area (Å²) in [7, 11) is 0. The third-order valence-corrected chi connectivity index (χ3v) is 2.73. The number of aliphatic hydroxyl groups excluding tert-OH is 2. The Hall–Kier alpha value is -0.860. The monoisotopic (exact) mass is 178 g/mol. The van der Waals surface area contributed by atoms with Crippen LogP contribution in [0, 0.1) is 0 Å². The van der Waals surface area contributed by atoms with E-state index in [1.165, 1.54) is 0 Å². The molecular weight excluding hydrogens is 164 g/mol. The molecule has 1 aliphatic carbocycles. The molecule has 1 aromatic carbocycles. The predicted molar refractivity (Wildman–Crippen MR) is 50.4 cm³/mol. The minimum absolute atomic E-state index is 0.121. The van der Waals surface area contributed by atoms with Crippen LogP contribution in [0.15, 0.2) is 30.3 Å². The lowest BCUT2D eigenvalue weighted by atomic mass is 9.96. The Labute approximate surface area is 77.8 Å². The highest BCUT2D eigenvalue weighted by atomic mass is 16.3. The summed E-state index contributed by atoms with van der Waals surface area (Å²) in [5, 5.41) is 19.0. The SMILES string of the molecule is O[C@@H]1C[C@H](O)[C@H](c2ccccc2)C1. The maximum Gasteiger partial charge on any atom is 0.0634 e. The first-order valence-corrected chi connectivity index (χ1v) is 4.68. The Morgan fingerprint density at radius 2 is 1.69 bits per heavy atom. The van der Waals surface area contributed by atoms with Gasteiger partial charge in [0, 0.05) is 5.92 Å². The van der Waals surface area contributed by atoms with Crippen molar-refractivity contribution in [3.8, 4) is 0 Å². The molecule has 0 heterocycles. The molecule has 1 saturated carbocycles. The van der Waals surface area contributed by atoms with Crippen molar-refractivity contribution >= 4 is 0 Å². The Morgan fingerprint density at radius 3 is 2.23 bits per heavy atom. The number of rotatable bonds is 1. The molecule has 1 aromatic rings. The second kappa shape index (κ2) is 3.48. The highest BCUT2D eigenvalue weighted by Gasteiger charge is 2.32. The number of benzene rings is 1. The van der Waals surface area contributed by atoms with Crippen LogP contribution < -0.4 is 0 Å². The zero-order chi connectivity index (χ0) is 9.26. The zero-order valence-corrected chi connectivity index (χ0v) is 7.43. The normalized spacial score (nSPS) is 33.5. The summed E-state index contributed by atoms with van der Waals surface area (Å²) in [5.41, 5.74) is 1.13. The van der Waals surface area contributed by atoms with E-state index in [0.717, 1.165) is 5.56 Å². The first-order chi connectivity index (χ1) is 6.27. The van der Waals surface area contributed by atoms with Crippen LogP contribution in [0.1, 0.15) is 24.3 Å². The first-order valence-electron chi connectivity index (χ1n) is 4.68. The fourth-order valence-electron chi connectivity index (χ4n) is 2.05. The fraction of sp³-hybridized carbons (Fsp3) is 0.455. The molecule has 0 spiro atoms. The average Bonchev–Trinajstić information content (AvgIpc) is 2.47. The summed E-state index contributed by atoms with van der Waals surface area (Å²) in [6, 6.07) is 9.90. The van der Waals surface area contributed by atoms with Gasteiger partial charge in [0.25, 0.3) is 0 Å². The molecule has 2 heteroatoms. The van der Waals surface area contributed by atoms with E-state index in [4.69, 9.17) is 0 Å². The molecule has 0 bridgehead atoms. The number of hydrogen-bond donors (Lipinski definition) is 2. The van der Waals surface area contributed by atoms with Crippen molar-refractivity contribution in [2.75, 3.05) is 0 Å². The van der Waals surface area contributed by atoms with Crippen molar-refractivity contribution < 1.29 is 10.2 Å². The minimum atomic E-state index is -0.377. The van der Waals surface area contributed by atoms with Crippen LogP contribution >= 0.6 is 0 Å². The lowest BCUT2D eigenvalue weighted by molar-refractivity contribution is 0.132. The van der Waals surface area contributed by atoms with Crippen LogP contribution in [0.3, 0.4) is 0 Å². The maximum absolute atomic E-state index is 9.65. The Kier molecular flexibility index (Phi) is 2.34. The van der Waals surface area contributed by atoms with E-state index >= 15 is 0 Å². The van der Waals surface area contributed by atoms with Crippen molar-refractivity contribution in [3.63, 3.8) is 0 Å². The van der Waals surface area contributed by atoms with E-state index in [1.807, 2.05) is 30.3 Å². The second-order valence-electron chi connectivity index (χ2n) is 3.71. The van der Waals surface area contributed by atoms with Gasteiger partial charge in [-0.15, -0.1) is 0 Å². The molecule has 0 aliphatic heterocycles. The van der Waals surface area contributed by atoms with Gasteiger partial charge in [-0.3, -0.25) is 0 Å². The van der Waals surface area contributed by atoms with E-state index in [9.17, 15) is 10.2 Å². The van der Waals surface area contributed by atoms with Gasteiger partial charge in [-0.25, -0.2) is 0 Å². The largest absolute Gasteiger partial charge is 0.393 e. The summed E-state index contributed by atoms with van der Waals surface area (Å²) < 4.78 is 0. The molecule has 70 valence electrons. The molecule has 0 aromatic heterocycles. The van der Waals surface area contributed by atoms with Gasteiger partial charge >= 0.3 is 0 Å². The lowest BCUT2D eigenvalue weighted by Crippen LogP contribution is -2.10. The molecule has 0 saturated heterocycles. The van der Waals surface area contributed by atoms with Crippen molar-refractivity contribution in [1.82, 2.24) is 0 Å². The first kappa shape index (κ1) is 8.73. The van der Waals surface area contributed by atoms with Crippen LogP contribution in [-0.2, 0) is 0 Å². The predicted octanol–water partition coefficient (Wildman–Crippen LogP) is 1.29. The van der Waals surface area contributed by atoms with Crippen LogP contribution in [0.25, 0.3) is 0 Å². The average molecular weight is 178 g/mol. The Morgan fingerprint density at radius 1 is 1.00 bits per heavy atom. The molecule has 0 radical (unpaired) electrons. The number of aliphatic hydroxyl groups is 2. The summed E-state index contributed by atoms with van der Waals surface area (Å²) >= 11 is 0.